The van der Waals surface area contributed by atoms with Crippen LogP contribution in [0, 0.1) is 5.82 Å². The summed E-state index contributed by atoms with van der Waals surface area (Å²) in [6, 6.07) is 11.6. The van der Waals surface area contributed by atoms with E-state index < -0.39 is 6.03 Å². The Hall–Kier alpha value is -2.08. The van der Waals surface area contributed by atoms with Crippen molar-refractivity contribution in [3.8, 4) is 0 Å². The molecule has 1 unspecified atom stereocenters. The fraction of sp³-hybridized carbons (Fsp3) is 0.133. The lowest BCUT2D eigenvalue weighted by Crippen LogP contribution is -2.19. The van der Waals surface area contributed by atoms with Crippen LogP contribution in [0.3, 0.4) is 0 Å². The molecule has 0 heterocycles. The molecular formula is C15H15BrFN3O. The first-order valence-electron chi connectivity index (χ1n) is 6.33. The maximum atomic E-state index is 13.5. The quantitative estimate of drug-likeness (QED) is 0.770. The molecule has 0 aliphatic rings. The molecule has 0 aromatic heterocycles. The minimum absolute atomic E-state index is 0.00629. The number of carbonyl (C=O) groups excluding carboxylic acids is 1. The fourth-order valence-corrected chi connectivity index (χ4v) is 2.16. The van der Waals surface area contributed by atoms with Crippen LogP contribution in [0.2, 0.25) is 0 Å². The molecule has 2 rings (SSSR count). The van der Waals surface area contributed by atoms with Crippen LogP contribution in [0.25, 0.3) is 0 Å². The number of urea groups is 1. The number of amides is 2. The Morgan fingerprint density at radius 2 is 1.81 bits per heavy atom. The summed E-state index contributed by atoms with van der Waals surface area (Å²) in [4.78, 5) is 10.7. The van der Waals surface area contributed by atoms with Gasteiger partial charge in [0.15, 0.2) is 0 Å². The van der Waals surface area contributed by atoms with E-state index in [9.17, 15) is 9.18 Å². The second kappa shape index (κ2) is 6.58. The lowest BCUT2D eigenvalue weighted by atomic mass is 10.1. The summed E-state index contributed by atoms with van der Waals surface area (Å²) in [5, 5.41) is 5.71. The number of nitrogens with two attached hydrogens (primary N) is 1. The van der Waals surface area contributed by atoms with E-state index in [-0.39, 0.29) is 11.9 Å². The van der Waals surface area contributed by atoms with Gasteiger partial charge in [-0.3, -0.25) is 0 Å². The summed E-state index contributed by atoms with van der Waals surface area (Å²) in [7, 11) is 0. The standard InChI is InChI=1S/C15H15BrFN3O/c1-9(19-12-6-7-13(16)14(17)8-12)10-2-4-11(5-3-10)20-15(18)21/h2-9,19H,1H3,(H3,18,20,21). The summed E-state index contributed by atoms with van der Waals surface area (Å²) < 4.78 is 13.9. The normalized spacial score (nSPS) is 11.8. The average Bonchev–Trinajstić information content (AvgIpc) is 2.43. The number of hydrogen-bond acceptors (Lipinski definition) is 2. The van der Waals surface area contributed by atoms with Gasteiger partial charge in [-0.05, 0) is 58.7 Å². The third kappa shape index (κ3) is 4.19. The van der Waals surface area contributed by atoms with Crippen molar-refractivity contribution in [2.24, 2.45) is 5.73 Å². The largest absolute Gasteiger partial charge is 0.378 e. The van der Waals surface area contributed by atoms with E-state index in [1.165, 1.54) is 6.07 Å². The maximum Gasteiger partial charge on any atom is 0.316 e. The number of nitrogens with one attached hydrogen (secondary N) is 2. The van der Waals surface area contributed by atoms with Crippen molar-refractivity contribution in [3.05, 3.63) is 58.3 Å². The molecule has 0 aliphatic heterocycles. The predicted octanol–water partition coefficient (Wildman–Crippen LogP) is 4.25. The summed E-state index contributed by atoms with van der Waals surface area (Å²) in [5.74, 6) is -0.312. The molecule has 4 N–H and O–H groups in total. The molecule has 0 spiro atoms. The van der Waals surface area contributed by atoms with Gasteiger partial charge in [0.25, 0.3) is 0 Å². The number of benzene rings is 2. The Morgan fingerprint density at radius 3 is 2.38 bits per heavy atom. The van der Waals surface area contributed by atoms with Crippen LogP contribution in [-0.2, 0) is 0 Å². The van der Waals surface area contributed by atoms with Gasteiger partial charge in [0, 0.05) is 17.4 Å². The molecule has 0 fully saturated rings. The molecule has 2 aromatic rings. The summed E-state index contributed by atoms with van der Waals surface area (Å²) in [5.41, 5.74) is 7.39. The highest BCUT2D eigenvalue weighted by Crippen LogP contribution is 2.24. The zero-order chi connectivity index (χ0) is 15.4. The van der Waals surface area contributed by atoms with Crippen LogP contribution in [0.1, 0.15) is 18.5 Å². The highest BCUT2D eigenvalue weighted by atomic mass is 79.9. The van der Waals surface area contributed by atoms with Crippen LogP contribution in [0.15, 0.2) is 46.9 Å². The number of rotatable bonds is 4. The first-order chi connectivity index (χ1) is 9.95. The number of primary amides is 1. The smallest absolute Gasteiger partial charge is 0.316 e. The second-order valence-electron chi connectivity index (χ2n) is 4.61. The van der Waals surface area contributed by atoms with Gasteiger partial charge in [0.1, 0.15) is 5.82 Å². The lowest BCUT2D eigenvalue weighted by molar-refractivity contribution is 0.259. The van der Waals surface area contributed by atoms with Gasteiger partial charge in [-0.1, -0.05) is 12.1 Å². The molecule has 110 valence electrons. The Balaban J connectivity index is 2.07. The van der Waals surface area contributed by atoms with Gasteiger partial charge in [-0.15, -0.1) is 0 Å². The highest BCUT2D eigenvalue weighted by Gasteiger charge is 2.07. The van der Waals surface area contributed by atoms with Crippen molar-refractivity contribution in [1.29, 1.82) is 0 Å². The van der Waals surface area contributed by atoms with Crippen molar-refractivity contribution in [2.75, 3.05) is 10.6 Å². The van der Waals surface area contributed by atoms with Crippen LogP contribution < -0.4 is 16.4 Å². The molecule has 1 atom stereocenters. The monoisotopic (exact) mass is 351 g/mol. The maximum absolute atomic E-state index is 13.5. The first kappa shape index (κ1) is 15.3. The summed E-state index contributed by atoms with van der Waals surface area (Å²) in [6.07, 6.45) is 0. The molecule has 0 saturated carbocycles. The molecule has 0 radical (unpaired) electrons. The van der Waals surface area contributed by atoms with Crippen LogP contribution >= 0.6 is 15.9 Å². The van der Waals surface area contributed by atoms with Crippen molar-refractivity contribution < 1.29 is 9.18 Å². The molecule has 4 nitrogen and oxygen atoms in total. The van der Waals surface area contributed by atoms with Crippen molar-refractivity contribution in [1.82, 2.24) is 0 Å². The molecule has 2 aromatic carbocycles. The molecule has 2 amide bonds. The number of anilines is 2. The van der Waals surface area contributed by atoms with E-state index in [4.69, 9.17) is 5.73 Å². The summed E-state index contributed by atoms with van der Waals surface area (Å²) in [6.45, 7) is 1.97. The molecule has 6 heteroatoms. The average molecular weight is 352 g/mol. The van der Waals surface area contributed by atoms with Crippen molar-refractivity contribution in [2.45, 2.75) is 13.0 Å². The van der Waals surface area contributed by atoms with Crippen LogP contribution in [0.4, 0.5) is 20.6 Å². The zero-order valence-electron chi connectivity index (χ0n) is 11.4. The Bertz CT molecular complexity index is 646. The van der Waals surface area contributed by atoms with Gasteiger partial charge in [0.05, 0.1) is 4.47 Å². The Labute approximate surface area is 130 Å². The van der Waals surface area contributed by atoms with Gasteiger partial charge < -0.3 is 16.4 Å². The minimum atomic E-state index is -0.598. The van der Waals surface area contributed by atoms with Crippen LogP contribution in [-0.4, -0.2) is 6.03 Å². The van der Waals surface area contributed by atoms with Gasteiger partial charge in [-0.25, -0.2) is 9.18 Å². The van der Waals surface area contributed by atoms with E-state index in [1.54, 1.807) is 24.3 Å². The minimum Gasteiger partial charge on any atom is -0.378 e. The fourth-order valence-electron chi connectivity index (χ4n) is 1.92. The summed E-state index contributed by atoms with van der Waals surface area (Å²) >= 11 is 3.12. The number of halogens is 2. The van der Waals surface area contributed by atoms with Gasteiger partial charge in [-0.2, -0.15) is 0 Å². The molecular weight excluding hydrogens is 337 g/mol. The first-order valence-corrected chi connectivity index (χ1v) is 7.13. The van der Waals surface area contributed by atoms with Gasteiger partial charge in [0.2, 0.25) is 0 Å². The van der Waals surface area contributed by atoms with Gasteiger partial charge >= 0.3 is 6.03 Å². The number of hydrogen-bond donors (Lipinski definition) is 3. The van der Waals surface area contributed by atoms with E-state index in [1.807, 2.05) is 19.1 Å². The SMILES string of the molecule is CC(Nc1ccc(Br)c(F)c1)c1ccc(NC(N)=O)cc1. The van der Waals surface area contributed by atoms with Crippen molar-refractivity contribution >= 4 is 33.3 Å². The van der Waals surface area contributed by atoms with E-state index in [0.717, 1.165) is 5.56 Å². The highest BCUT2D eigenvalue weighted by molar-refractivity contribution is 9.10. The lowest BCUT2D eigenvalue weighted by Gasteiger charge is -2.16. The zero-order valence-corrected chi connectivity index (χ0v) is 12.9. The molecule has 0 bridgehead atoms. The second-order valence-corrected chi connectivity index (χ2v) is 5.46. The Kier molecular flexibility index (Phi) is 4.80. The molecule has 0 saturated heterocycles. The number of carbonyl (C=O) groups is 1. The Morgan fingerprint density at radius 1 is 1.19 bits per heavy atom. The van der Waals surface area contributed by atoms with E-state index >= 15 is 0 Å². The third-order valence-electron chi connectivity index (χ3n) is 2.98. The third-order valence-corrected chi connectivity index (χ3v) is 3.62. The van der Waals surface area contributed by atoms with E-state index in [2.05, 4.69) is 26.6 Å². The van der Waals surface area contributed by atoms with Crippen LogP contribution in [0.5, 0.6) is 0 Å². The van der Waals surface area contributed by atoms with Crippen molar-refractivity contribution in [3.63, 3.8) is 0 Å². The molecule has 21 heavy (non-hydrogen) atoms. The topological polar surface area (TPSA) is 67.2 Å². The predicted molar refractivity (Wildman–Crippen MR) is 85.8 cm³/mol. The molecule has 0 aliphatic carbocycles. The van der Waals surface area contributed by atoms with E-state index in [0.29, 0.717) is 15.8 Å².